The molecule has 0 aliphatic rings. The van der Waals surface area contributed by atoms with E-state index in [4.69, 9.17) is 9.15 Å². The van der Waals surface area contributed by atoms with Crippen molar-refractivity contribution in [1.29, 1.82) is 0 Å². The van der Waals surface area contributed by atoms with Crippen LogP contribution in [0.4, 0.5) is 5.69 Å². The molecule has 33 heavy (non-hydrogen) atoms. The number of fused-ring (bicyclic) bond motifs is 3. The number of carbonyl (C=O) groups is 1. The van der Waals surface area contributed by atoms with E-state index in [1.807, 2.05) is 66.9 Å². The van der Waals surface area contributed by atoms with Crippen molar-refractivity contribution in [2.75, 3.05) is 18.2 Å². The number of nitrogens with one attached hydrogen (secondary N) is 1. The second-order valence-corrected chi connectivity index (χ2v) is 8.63. The first-order valence-electron chi connectivity index (χ1n) is 10.4. The van der Waals surface area contributed by atoms with Gasteiger partial charge in [-0.2, -0.15) is 0 Å². The number of hydrogen-bond acceptors (Lipinski definition) is 6. The number of amides is 1. The summed E-state index contributed by atoms with van der Waals surface area (Å²) in [7, 11) is 1.58. The number of furan rings is 1. The minimum Gasteiger partial charge on any atom is -0.495 e. The van der Waals surface area contributed by atoms with Gasteiger partial charge in [0, 0.05) is 22.5 Å². The standard InChI is InChI=1S/C25H22N4O3S/c1-15-7-6-8-17(11-15)29-16(2)27-28-25(29)33-14-24(30)26-20-13-22-19(12-23(20)31-3)18-9-4-5-10-21(18)32-22/h4-13H,14H2,1-3H3,(H,26,30). The lowest BCUT2D eigenvalue weighted by molar-refractivity contribution is -0.113. The summed E-state index contributed by atoms with van der Waals surface area (Å²) in [5.41, 5.74) is 4.15. The van der Waals surface area contributed by atoms with Crippen LogP contribution in [0.1, 0.15) is 11.4 Å². The Balaban J connectivity index is 1.36. The van der Waals surface area contributed by atoms with Crippen molar-refractivity contribution >= 4 is 45.3 Å². The van der Waals surface area contributed by atoms with Crippen LogP contribution in [-0.4, -0.2) is 33.5 Å². The number of hydrogen-bond donors (Lipinski definition) is 1. The van der Waals surface area contributed by atoms with E-state index in [1.54, 1.807) is 13.2 Å². The molecule has 0 aliphatic carbocycles. The molecule has 2 aromatic heterocycles. The van der Waals surface area contributed by atoms with Gasteiger partial charge in [0.2, 0.25) is 5.91 Å². The molecule has 1 N–H and O–H groups in total. The van der Waals surface area contributed by atoms with Crippen LogP contribution in [-0.2, 0) is 4.79 Å². The Hall–Kier alpha value is -3.78. The second-order valence-electron chi connectivity index (χ2n) is 7.69. The van der Waals surface area contributed by atoms with Gasteiger partial charge < -0.3 is 14.5 Å². The molecule has 0 radical (unpaired) electrons. The summed E-state index contributed by atoms with van der Waals surface area (Å²) in [5.74, 6) is 1.34. The number of carbonyl (C=O) groups excluding carboxylic acids is 1. The predicted molar refractivity (Wildman–Crippen MR) is 130 cm³/mol. The lowest BCUT2D eigenvalue weighted by atomic mass is 10.1. The van der Waals surface area contributed by atoms with Gasteiger partial charge in [-0.15, -0.1) is 10.2 Å². The van der Waals surface area contributed by atoms with Crippen molar-refractivity contribution in [3.8, 4) is 11.4 Å². The molecule has 0 bridgehead atoms. The van der Waals surface area contributed by atoms with E-state index in [0.29, 0.717) is 22.2 Å². The third-order valence-electron chi connectivity index (χ3n) is 5.36. The number of nitrogens with zero attached hydrogens (tertiary/aromatic N) is 3. The Morgan fingerprint density at radius 2 is 1.88 bits per heavy atom. The highest BCUT2D eigenvalue weighted by atomic mass is 32.2. The van der Waals surface area contributed by atoms with Crippen molar-refractivity contribution in [3.63, 3.8) is 0 Å². The molecule has 0 fully saturated rings. The summed E-state index contributed by atoms with van der Waals surface area (Å²) >= 11 is 1.33. The van der Waals surface area contributed by atoms with Crippen LogP contribution in [0.25, 0.3) is 27.6 Å². The Labute approximate surface area is 194 Å². The molecule has 5 rings (SSSR count). The number of thioether (sulfide) groups is 1. The van der Waals surface area contributed by atoms with Gasteiger partial charge in [-0.1, -0.05) is 42.1 Å². The van der Waals surface area contributed by atoms with Crippen molar-refractivity contribution in [1.82, 2.24) is 14.8 Å². The average molecular weight is 459 g/mol. The fourth-order valence-electron chi connectivity index (χ4n) is 3.84. The molecule has 0 atom stereocenters. The summed E-state index contributed by atoms with van der Waals surface area (Å²) in [6, 6.07) is 19.6. The third kappa shape index (κ3) is 4.05. The van der Waals surface area contributed by atoms with Gasteiger partial charge in [-0.25, -0.2) is 0 Å². The van der Waals surface area contributed by atoms with Gasteiger partial charge >= 0.3 is 0 Å². The number of aromatic nitrogens is 3. The smallest absolute Gasteiger partial charge is 0.234 e. The maximum absolute atomic E-state index is 12.8. The predicted octanol–water partition coefficient (Wildman–Crippen LogP) is 5.52. The van der Waals surface area contributed by atoms with Crippen LogP contribution in [0.2, 0.25) is 0 Å². The van der Waals surface area contributed by atoms with E-state index in [0.717, 1.165) is 33.4 Å². The van der Waals surface area contributed by atoms with Crippen molar-refractivity contribution in [2.45, 2.75) is 19.0 Å². The van der Waals surface area contributed by atoms with E-state index >= 15 is 0 Å². The summed E-state index contributed by atoms with van der Waals surface area (Å²) in [6.45, 7) is 3.93. The Morgan fingerprint density at radius 1 is 1.03 bits per heavy atom. The topological polar surface area (TPSA) is 82.2 Å². The van der Waals surface area contributed by atoms with Crippen molar-refractivity contribution < 1.29 is 13.9 Å². The molecule has 0 spiro atoms. The summed E-state index contributed by atoms with van der Waals surface area (Å²) in [4.78, 5) is 12.8. The summed E-state index contributed by atoms with van der Waals surface area (Å²) in [5, 5.41) is 14.0. The van der Waals surface area contributed by atoms with Gasteiger partial charge in [-0.05, 0) is 43.7 Å². The van der Waals surface area contributed by atoms with Crippen molar-refractivity contribution in [3.05, 3.63) is 72.1 Å². The van der Waals surface area contributed by atoms with E-state index in [2.05, 4.69) is 21.6 Å². The molecular weight excluding hydrogens is 436 g/mol. The largest absolute Gasteiger partial charge is 0.495 e. The minimum atomic E-state index is -0.176. The third-order valence-corrected chi connectivity index (χ3v) is 6.29. The number of methoxy groups -OCH3 is 1. The first kappa shape index (κ1) is 21.1. The lowest BCUT2D eigenvalue weighted by Gasteiger charge is -2.11. The Kier molecular flexibility index (Phi) is 5.51. The fourth-order valence-corrected chi connectivity index (χ4v) is 4.63. The summed E-state index contributed by atoms with van der Waals surface area (Å²) < 4.78 is 13.4. The molecule has 166 valence electrons. The Morgan fingerprint density at radius 3 is 2.70 bits per heavy atom. The molecule has 0 saturated heterocycles. The van der Waals surface area contributed by atoms with Crippen LogP contribution < -0.4 is 10.1 Å². The molecule has 7 nitrogen and oxygen atoms in total. The van der Waals surface area contributed by atoms with Gasteiger partial charge in [0.1, 0.15) is 22.7 Å². The highest BCUT2D eigenvalue weighted by Gasteiger charge is 2.16. The number of aryl methyl sites for hydroxylation is 2. The molecule has 0 saturated carbocycles. The van der Waals surface area contributed by atoms with Crippen LogP contribution >= 0.6 is 11.8 Å². The molecule has 0 unspecified atom stereocenters. The number of benzene rings is 3. The molecular formula is C25H22N4O3S. The van der Waals surface area contributed by atoms with E-state index in [9.17, 15) is 4.79 Å². The maximum atomic E-state index is 12.8. The molecule has 3 aromatic carbocycles. The fraction of sp³-hybridized carbons (Fsp3) is 0.160. The van der Waals surface area contributed by atoms with Gasteiger partial charge in [-0.3, -0.25) is 9.36 Å². The molecule has 2 heterocycles. The van der Waals surface area contributed by atoms with E-state index < -0.39 is 0 Å². The van der Waals surface area contributed by atoms with Crippen LogP contribution in [0.15, 0.2) is 70.2 Å². The molecule has 1 amide bonds. The van der Waals surface area contributed by atoms with E-state index in [-0.39, 0.29) is 11.7 Å². The zero-order chi connectivity index (χ0) is 22.9. The first-order chi connectivity index (χ1) is 16.0. The van der Waals surface area contributed by atoms with Crippen LogP contribution in [0.3, 0.4) is 0 Å². The highest BCUT2D eigenvalue weighted by molar-refractivity contribution is 7.99. The SMILES string of the molecule is COc1cc2c(cc1NC(=O)CSc1nnc(C)n1-c1cccc(C)c1)oc1ccccc12. The summed E-state index contributed by atoms with van der Waals surface area (Å²) in [6.07, 6.45) is 0. The molecule has 0 aliphatic heterocycles. The molecule has 8 heteroatoms. The van der Waals surface area contributed by atoms with Gasteiger partial charge in [0.05, 0.1) is 18.6 Å². The zero-order valence-electron chi connectivity index (χ0n) is 18.5. The lowest BCUT2D eigenvalue weighted by Crippen LogP contribution is -2.15. The van der Waals surface area contributed by atoms with Crippen LogP contribution in [0, 0.1) is 13.8 Å². The monoisotopic (exact) mass is 458 g/mol. The number of anilines is 1. The van der Waals surface area contributed by atoms with E-state index in [1.165, 1.54) is 11.8 Å². The maximum Gasteiger partial charge on any atom is 0.234 e. The normalized spacial score (nSPS) is 11.2. The van der Waals surface area contributed by atoms with Gasteiger partial charge in [0.25, 0.3) is 0 Å². The average Bonchev–Trinajstić information content (AvgIpc) is 3.36. The number of rotatable bonds is 6. The highest BCUT2D eigenvalue weighted by Crippen LogP contribution is 2.36. The quantitative estimate of drug-likeness (QED) is 0.337. The second kappa shape index (κ2) is 8.63. The zero-order valence-corrected chi connectivity index (χ0v) is 19.3. The number of ether oxygens (including phenoxy) is 1. The van der Waals surface area contributed by atoms with Crippen molar-refractivity contribution in [2.24, 2.45) is 0 Å². The number of para-hydroxylation sites is 1. The first-order valence-corrected chi connectivity index (χ1v) is 11.4. The molecule has 5 aromatic rings. The Bertz CT molecular complexity index is 1490. The van der Waals surface area contributed by atoms with Gasteiger partial charge in [0.15, 0.2) is 5.16 Å². The van der Waals surface area contributed by atoms with Crippen LogP contribution in [0.5, 0.6) is 5.75 Å². The minimum absolute atomic E-state index is 0.172.